The van der Waals surface area contributed by atoms with Crippen molar-refractivity contribution < 1.29 is 4.39 Å². The van der Waals surface area contributed by atoms with Crippen molar-refractivity contribution in [1.82, 2.24) is 14.8 Å². The van der Waals surface area contributed by atoms with Crippen molar-refractivity contribution in [3.05, 3.63) is 39.9 Å². The molecule has 0 unspecified atom stereocenters. The van der Waals surface area contributed by atoms with Crippen LogP contribution < -0.4 is 5.73 Å². The van der Waals surface area contributed by atoms with E-state index in [1.54, 1.807) is 6.07 Å². The van der Waals surface area contributed by atoms with E-state index in [1.807, 2.05) is 11.6 Å². The van der Waals surface area contributed by atoms with E-state index in [0.29, 0.717) is 12.3 Å². The van der Waals surface area contributed by atoms with Crippen molar-refractivity contribution in [3.8, 4) is 0 Å². The third-order valence-electron chi connectivity index (χ3n) is 2.48. The molecule has 0 aliphatic heterocycles. The summed E-state index contributed by atoms with van der Waals surface area (Å²) in [6.07, 6.45) is 0. The predicted octanol–water partition coefficient (Wildman–Crippen LogP) is 2.47. The molecule has 4 nitrogen and oxygen atoms in total. The summed E-state index contributed by atoms with van der Waals surface area (Å²) in [5.74, 6) is 1.19. The van der Waals surface area contributed by atoms with E-state index in [2.05, 4.69) is 26.1 Å². The highest BCUT2D eigenvalue weighted by Crippen LogP contribution is 2.26. The van der Waals surface area contributed by atoms with Gasteiger partial charge in [-0.15, -0.1) is 10.2 Å². The van der Waals surface area contributed by atoms with Crippen LogP contribution >= 0.6 is 27.7 Å². The Kier molecular flexibility index (Phi) is 4.36. The molecule has 2 aromatic rings. The average molecular weight is 331 g/mol. The molecule has 2 rings (SSSR count). The summed E-state index contributed by atoms with van der Waals surface area (Å²) >= 11 is 4.88. The zero-order chi connectivity index (χ0) is 13.1. The average Bonchev–Trinajstić information content (AvgIpc) is 2.69. The number of hydrogen-bond donors (Lipinski definition) is 1. The van der Waals surface area contributed by atoms with Gasteiger partial charge >= 0.3 is 0 Å². The summed E-state index contributed by atoms with van der Waals surface area (Å²) in [4.78, 5) is 0. The van der Waals surface area contributed by atoms with Crippen molar-refractivity contribution in [2.24, 2.45) is 12.8 Å². The number of nitrogens with two attached hydrogens (primary N) is 1. The third kappa shape index (κ3) is 2.90. The number of thioether (sulfide) groups is 1. The van der Waals surface area contributed by atoms with Gasteiger partial charge in [-0.05, 0) is 17.7 Å². The Bertz CT molecular complexity index is 558. The Morgan fingerprint density at radius 2 is 2.22 bits per heavy atom. The molecule has 0 aliphatic carbocycles. The minimum atomic E-state index is -0.250. The van der Waals surface area contributed by atoms with E-state index >= 15 is 0 Å². The van der Waals surface area contributed by atoms with Crippen molar-refractivity contribution >= 4 is 27.7 Å². The molecule has 18 heavy (non-hydrogen) atoms. The van der Waals surface area contributed by atoms with Gasteiger partial charge in [0.05, 0.1) is 6.54 Å². The number of nitrogens with zero attached hydrogens (tertiary/aromatic N) is 3. The summed E-state index contributed by atoms with van der Waals surface area (Å²) in [5.41, 5.74) is 6.54. The summed E-state index contributed by atoms with van der Waals surface area (Å²) < 4.78 is 15.6. The highest BCUT2D eigenvalue weighted by Gasteiger charge is 2.09. The van der Waals surface area contributed by atoms with Crippen LogP contribution in [-0.4, -0.2) is 14.8 Å². The quantitative estimate of drug-likeness (QED) is 0.875. The lowest BCUT2D eigenvalue weighted by Gasteiger charge is -2.04. The van der Waals surface area contributed by atoms with E-state index in [4.69, 9.17) is 5.73 Å². The van der Waals surface area contributed by atoms with Crippen molar-refractivity contribution in [1.29, 1.82) is 0 Å². The van der Waals surface area contributed by atoms with Gasteiger partial charge in [0.2, 0.25) is 0 Å². The van der Waals surface area contributed by atoms with Gasteiger partial charge in [-0.2, -0.15) is 0 Å². The predicted molar refractivity (Wildman–Crippen MR) is 72.6 cm³/mol. The second-order valence-electron chi connectivity index (χ2n) is 3.69. The molecule has 0 aliphatic rings. The number of rotatable bonds is 4. The van der Waals surface area contributed by atoms with Gasteiger partial charge < -0.3 is 10.3 Å². The van der Waals surface area contributed by atoms with Crippen LogP contribution in [0.2, 0.25) is 0 Å². The topological polar surface area (TPSA) is 56.7 Å². The van der Waals surface area contributed by atoms with E-state index in [-0.39, 0.29) is 5.82 Å². The summed E-state index contributed by atoms with van der Waals surface area (Å²) in [7, 11) is 1.88. The fourth-order valence-corrected chi connectivity index (χ4v) is 3.04. The highest BCUT2D eigenvalue weighted by atomic mass is 79.9. The largest absolute Gasteiger partial charge is 0.324 e. The van der Waals surface area contributed by atoms with Crippen molar-refractivity contribution in [2.45, 2.75) is 17.5 Å². The van der Waals surface area contributed by atoms with Gasteiger partial charge in [-0.1, -0.05) is 33.8 Å². The van der Waals surface area contributed by atoms with Gasteiger partial charge in [0.1, 0.15) is 11.6 Å². The van der Waals surface area contributed by atoms with Crippen molar-refractivity contribution in [2.75, 3.05) is 0 Å². The number of benzene rings is 1. The zero-order valence-corrected chi connectivity index (χ0v) is 12.1. The molecule has 0 bridgehead atoms. The Balaban J connectivity index is 2.09. The Morgan fingerprint density at radius 3 is 2.83 bits per heavy atom. The smallest absolute Gasteiger partial charge is 0.191 e. The number of aromatic nitrogens is 3. The first kappa shape index (κ1) is 13.5. The van der Waals surface area contributed by atoms with E-state index in [9.17, 15) is 4.39 Å². The monoisotopic (exact) mass is 330 g/mol. The third-order valence-corrected chi connectivity index (χ3v) is 4.29. The Labute approximate surface area is 117 Å². The molecule has 2 N–H and O–H groups in total. The molecular weight excluding hydrogens is 319 g/mol. The van der Waals surface area contributed by atoms with Crippen LogP contribution in [0.4, 0.5) is 4.39 Å². The summed E-state index contributed by atoms with van der Waals surface area (Å²) in [6.45, 7) is 0.365. The van der Waals surface area contributed by atoms with Gasteiger partial charge in [0.15, 0.2) is 5.16 Å². The maximum Gasteiger partial charge on any atom is 0.191 e. The zero-order valence-electron chi connectivity index (χ0n) is 9.73. The second-order valence-corrected chi connectivity index (χ2v) is 5.48. The molecule has 1 aromatic carbocycles. The summed E-state index contributed by atoms with van der Waals surface area (Å²) in [5, 5.41) is 8.83. The van der Waals surface area contributed by atoms with Crippen molar-refractivity contribution in [3.63, 3.8) is 0 Å². The lowest BCUT2D eigenvalue weighted by Crippen LogP contribution is -2.05. The standard InChI is InChI=1S/C11H12BrFN4S/c1-17-10(5-14)15-16-11(17)18-6-7-2-3-8(13)4-9(7)12/h2-4H,5-6,14H2,1H3. The van der Waals surface area contributed by atoms with Crippen LogP contribution in [0.25, 0.3) is 0 Å². The molecule has 96 valence electrons. The minimum absolute atomic E-state index is 0.250. The number of hydrogen-bond acceptors (Lipinski definition) is 4. The first-order chi connectivity index (χ1) is 8.61. The van der Waals surface area contributed by atoms with E-state index < -0.39 is 0 Å². The van der Waals surface area contributed by atoms with Crippen LogP contribution in [0.3, 0.4) is 0 Å². The molecule has 7 heteroatoms. The Morgan fingerprint density at radius 1 is 1.44 bits per heavy atom. The van der Waals surface area contributed by atoms with Gasteiger partial charge in [-0.25, -0.2) is 4.39 Å². The molecule has 0 spiro atoms. The van der Waals surface area contributed by atoms with Crippen LogP contribution in [0.1, 0.15) is 11.4 Å². The minimum Gasteiger partial charge on any atom is -0.324 e. The molecule has 1 aromatic heterocycles. The molecule has 0 saturated carbocycles. The lowest BCUT2D eigenvalue weighted by atomic mass is 10.2. The molecule has 0 amide bonds. The second kappa shape index (κ2) is 5.81. The molecule has 0 atom stereocenters. The van der Waals surface area contributed by atoms with Gasteiger partial charge in [0.25, 0.3) is 0 Å². The lowest BCUT2D eigenvalue weighted by molar-refractivity contribution is 0.626. The van der Waals surface area contributed by atoms with Gasteiger partial charge in [-0.3, -0.25) is 0 Å². The molecule has 0 fully saturated rings. The molecule has 0 saturated heterocycles. The van der Waals surface area contributed by atoms with E-state index in [1.165, 1.54) is 23.9 Å². The summed E-state index contributed by atoms with van der Waals surface area (Å²) in [6, 6.07) is 4.66. The van der Waals surface area contributed by atoms with E-state index in [0.717, 1.165) is 21.0 Å². The fraction of sp³-hybridized carbons (Fsp3) is 0.273. The normalized spacial score (nSPS) is 10.9. The van der Waals surface area contributed by atoms with Gasteiger partial charge in [0, 0.05) is 17.3 Å². The van der Waals surface area contributed by atoms with Crippen LogP contribution in [-0.2, 0) is 19.3 Å². The number of halogens is 2. The molecule has 1 heterocycles. The fourth-order valence-electron chi connectivity index (χ4n) is 1.43. The molecule has 0 radical (unpaired) electrons. The molecular formula is C11H12BrFN4S. The van der Waals surface area contributed by atoms with Crippen LogP contribution in [0, 0.1) is 5.82 Å². The first-order valence-electron chi connectivity index (χ1n) is 5.27. The highest BCUT2D eigenvalue weighted by molar-refractivity contribution is 9.10. The SMILES string of the molecule is Cn1c(CN)nnc1SCc1ccc(F)cc1Br. The Hall–Kier alpha value is -0.920. The van der Waals surface area contributed by atoms with Crippen LogP contribution in [0.5, 0.6) is 0 Å². The maximum absolute atomic E-state index is 12.9. The van der Waals surface area contributed by atoms with Crippen LogP contribution in [0.15, 0.2) is 27.8 Å². The first-order valence-corrected chi connectivity index (χ1v) is 7.04. The maximum atomic E-state index is 12.9.